The molecule has 0 aromatic carbocycles. The summed E-state index contributed by atoms with van der Waals surface area (Å²) in [6, 6.07) is 0.649. The highest BCUT2D eigenvalue weighted by Crippen LogP contribution is 2.28. The predicted molar refractivity (Wildman–Crippen MR) is 81.6 cm³/mol. The lowest BCUT2D eigenvalue weighted by Crippen LogP contribution is -2.46. The Morgan fingerprint density at radius 3 is 2.42 bits per heavy atom. The fourth-order valence-corrected chi connectivity index (χ4v) is 2.83. The van der Waals surface area contributed by atoms with E-state index in [4.69, 9.17) is 0 Å². The fourth-order valence-electron chi connectivity index (χ4n) is 2.83. The third-order valence-corrected chi connectivity index (χ3v) is 4.34. The highest BCUT2D eigenvalue weighted by Gasteiger charge is 2.27. The van der Waals surface area contributed by atoms with Gasteiger partial charge in [-0.05, 0) is 44.6 Å². The second-order valence-corrected chi connectivity index (χ2v) is 6.14. The minimum absolute atomic E-state index is 0. The Morgan fingerprint density at radius 2 is 1.89 bits per heavy atom. The van der Waals surface area contributed by atoms with Crippen molar-refractivity contribution in [2.45, 2.75) is 58.4 Å². The average molecular weight is 289 g/mol. The highest BCUT2D eigenvalue weighted by atomic mass is 35.5. The molecule has 1 amide bonds. The van der Waals surface area contributed by atoms with Crippen LogP contribution in [0.1, 0.15) is 52.4 Å². The molecule has 1 unspecified atom stereocenters. The summed E-state index contributed by atoms with van der Waals surface area (Å²) in [5.41, 5.74) is 0. The molecular weight excluding hydrogens is 260 g/mol. The first-order chi connectivity index (χ1) is 8.70. The Kier molecular flexibility index (Phi) is 7.16. The van der Waals surface area contributed by atoms with Gasteiger partial charge in [0.25, 0.3) is 0 Å². The molecule has 2 rings (SSSR count). The minimum atomic E-state index is 0. The van der Waals surface area contributed by atoms with Gasteiger partial charge in [0, 0.05) is 25.0 Å². The van der Waals surface area contributed by atoms with Crippen molar-refractivity contribution in [2.75, 3.05) is 19.6 Å². The van der Waals surface area contributed by atoms with Gasteiger partial charge in [-0.2, -0.15) is 0 Å². The molecule has 1 atom stereocenters. The number of halogens is 1. The number of likely N-dealkylation sites (tertiary alicyclic amines) is 1. The molecule has 0 aromatic heterocycles. The maximum absolute atomic E-state index is 12.2. The van der Waals surface area contributed by atoms with Crippen LogP contribution >= 0.6 is 12.4 Å². The van der Waals surface area contributed by atoms with E-state index >= 15 is 0 Å². The first-order valence-electron chi connectivity index (χ1n) is 7.73. The maximum atomic E-state index is 12.2. The van der Waals surface area contributed by atoms with Gasteiger partial charge in [-0.1, -0.05) is 20.3 Å². The molecule has 0 bridgehead atoms. The number of nitrogens with zero attached hydrogens (tertiary/aromatic N) is 1. The van der Waals surface area contributed by atoms with Crippen LogP contribution in [0, 0.1) is 11.8 Å². The van der Waals surface area contributed by atoms with Crippen LogP contribution in [-0.4, -0.2) is 36.5 Å². The number of amides is 1. The molecule has 1 aliphatic carbocycles. The number of hydrogen-bond acceptors (Lipinski definition) is 2. The summed E-state index contributed by atoms with van der Waals surface area (Å²) in [7, 11) is 0. The van der Waals surface area contributed by atoms with E-state index in [-0.39, 0.29) is 18.3 Å². The van der Waals surface area contributed by atoms with Crippen molar-refractivity contribution in [1.29, 1.82) is 0 Å². The molecule has 1 N–H and O–H groups in total. The second kappa shape index (κ2) is 8.11. The first-order valence-corrected chi connectivity index (χ1v) is 7.73. The molecule has 4 heteroatoms. The summed E-state index contributed by atoms with van der Waals surface area (Å²) in [6.07, 6.45) is 7.23. The standard InChI is InChI=1S/C15H28N2O.ClH/c1-3-4-12(2)15(18)17-9-7-14(8-10-17)16-11-13-5-6-13;/h12-14,16H,3-11H2,1-2H3;1H. The molecule has 1 saturated heterocycles. The van der Waals surface area contributed by atoms with Crippen molar-refractivity contribution in [1.82, 2.24) is 10.2 Å². The summed E-state index contributed by atoms with van der Waals surface area (Å²) in [5.74, 6) is 1.54. The van der Waals surface area contributed by atoms with Crippen LogP contribution in [0.3, 0.4) is 0 Å². The lowest BCUT2D eigenvalue weighted by molar-refractivity contribution is -0.136. The van der Waals surface area contributed by atoms with Crippen LogP contribution < -0.4 is 5.32 Å². The monoisotopic (exact) mass is 288 g/mol. The predicted octanol–water partition coefficient (Wildman–Crippen LogP) is 2.84. The molecule has 0 aromatic rings. The third kappa shape index (κ3) is 5.31. The van der Waals surface area contributed by atoms with E-state index in [2.05, 4.69) is 24.1 Å². The van der Waals surface area contributed by atoms with Crippen LogP contribution in [-0.2, 0) is 4.79 Å². The van der Waals surface area contributed by atoms with Gasteiger partial charge in [0.2, 0.25) is 5.91 Å². The summed E-state index contributed by atoms with van der Waals surface area (Å²) in [4.78, 5) is 14.3. The molecule has 0 radical (unpaired) electrons. The Hall–Kier alpha value is -0.280. The van der Waals surface area contributed by atoms with Crippen molar-refractivity contribution < 1.29 is 4.79 Å². The normalized spacial score (nSPS) is 21.9. The summed E-state index contributed by atoms with van der Waals surface area (Å²) < 4.78 is 0. The zero-order valence-corrected chi connectivity index (χ0v) is 13.2. The quantitative estimate of drug-likeness (QED) is 0.815. The number of nitrogens with one attached hydrogen (secondary N) is 1. The van der Waals surface area contributed by atoms with E-state index in [1.54, 1.807) is 0 Å². The van der Waals surface area contributed by atoms with Gasteiger partial charge in [-0.15, -0.1) is 12.4 Å². The van der Waals surface area contributed by atoms with E-state index in [0.717, 1.165) is 44.7 Å². The van der Waals surface area contributed by atoms with Crippen LogP contribution in [0.15, 0.2) is 0 Å². The minimum Gasteiger partial charge on any atom is -0.342 e. The second-order valence-electron chi connectivity index (χ2n) is 6.14. The molecule has 1 heterocycles. The molecular formula is C15H29ClN2O. The van der Waals surface area contributed by atoms with Crippen molar-refractivity contribution >= 4 is 18.3 Å². The lowest BCUT2D eigenvalue weighted by Gasteiger charge is -2.34. The largest absolute Gasteiger partial charge is 0.342 e. The van der Waals surface area contributed by atoms with E-state index in [9.17, 15) is 4.79 Å². The first kappa shape index (κ1) is 16.8. The molecule has 1 saturated carbocycles. The van der Waals surface area contributed by atoms with E-state index in [1.165, 1.54) is 19.4 Å². The maximum Gasteiger partial charge on any atom is 0.225 e. The van der Waals surface area contributed by atoms with Crippen molar-refractivity contribution in [3.8, 4) is 0 Å². The van der Waals surface area contributed by atoms with E-state index in [0.29, 0.717) is 11.9 Å². The summed E-state index contributed by atoms with van der Waals surface area (Å²) >= 11 is 0. The average Bonchev–Trinajstić information content (AvgIpc) is 3.20. The highest BCUT2D eigenvalue weighted by molar-refractivity contribution is 5.85. The van der Waals surface area contributed by atoms with Gasteiger partial charge in [0.15, 0.2) is 0 Å². The Balaban J connectivity index is 0.00000180. The Morgan fingerprint density at radius 1 is 1.26 bits per heavy atom. The van der Waals surface area contributed by atoms with Crippen LogP contribution in [0.5, 0.6) is 0 Å². The molecule has 2 fully saturated rings. The van der Waals surface area contributed by atoms with Crippen LogP contribution in [0.2, 0.25) is 0 Å². The van der Waals surface area contributed by atoms with Gasteiger partial charge in [-0.3, -0.25) is 4.79 Å². The summed E-state index contributed by atoms with van der Waals surface area (Å²) in [5, 5.41) is 3.66. The number of piperidine rings is 1. The van der Waals surface area contributed by atoms with Crippen molar-refractivity contribution in [3.05, 3.63) is 0 Å². The van der Waals surface area contributed by atoms with Crippen LogP contribution in [0.25, 0.3) is 0 Å². The van der Waals surface area contributed by atoms with Gasteiger partial charge in [0.1, 0.15) is 0 Å². The van der Waals surface area contributed by atoms with E-state index in [1.807, 2.05) is 0 Å². The van der Waals surface area contributed by atoms with Crippen molar-refractivity contribution in [3.63, 3.8) is 0 Å². The molecule has 1 aliphatic heterocycles. The van der Waals surface area contributed by atoms with Gasteiger partial charge < -0.3 is 10.2 Å². The Bertz CT molecular complexity index is 273. The molecule has 112 valence electrons. The summed E-state index contributed by atoms with van der Waals surface area (Å²) in [6.45, 7) is 7.33. The molecule has 2 aliphatic rings. The molecule has 3 nitrogen and oxygen atoms in total. The number of rotatable bonds is 6. The third-order valence-electron chi connectivity index (χ3n) is 4.34. The zero-order valence-electron chi connectivity index (χ0n) is 12.4. The lowest BCUT2D eigenvalue weighted by atomic mass is 10.00. The smallest absolute Gasteiger partial charge is 0.225 e. The van der Waals surface area contributed by atoms with Crippen LogP contribution in [0.4, 0.5) is 0 Å². The fraction of sp³-hybridized carbons (Fsp3) is 0.933. The van der Waals surface area contributed by atoms with Crippen molar-refractivity contribution in [2.24, 2.45) is 11.8 Å². The molecule has 0 spiro atoms. The topological polar surface area (TPSA) is 32.3 Å². The number of carbonyl (C=O) groups excluding carboxylic acids is 1. The van der Waals surface area contributed by atoms with E-state index < -0.39 is 0 Å². The number of carbonyl (C=O) groups is 1. The van der Waals surface area contributed by atoms with Gasteiger partial charge in [0.05, 0.1) is 0 Å². The zero-order chi connectivity index (χ0) is 13.0. The van der Waals surface area contributed by atoms with Gasteiger partial charge >= 0.3 is 0 Å². The molecule has 19 heavy (non-hydrogen) atoms. The SMILES string of the molecule is CCCC(C)C(=O)N1CCC(NCC2CC2)CC1.Cl. The Labute approximate surface area is 123 Å². The number of hydrogen-bond donors (Lipinski definition) is 1. The van der Waals surface area contributed by atoms with Gasteiger partial charge in [-0.25, -0.2) is 0 Å².